The first-order valence-electron chi connectivity index (χ1n) is 3.33. The first-order valence-corrected chi connectivity index (χ1v) is 4.93. The summed E-state index contributed by atoms with van der Waals surface area (Å²) in [6.07, 6.45) is 3.28. The van der Waals surface area contributed by atoms with E-state index in [1.165, 1.54) is 24.0 Å². The average molecular weight is 213 g/mol. The van der Waals surface area contributed by atoms with Gasteiger partial charge in [0, 0.05) is 11.1 Å². The number of hydrogen-bond acceptors (Lipinski definition) is 4. The number of carbonyl (C=O) groups is 1. The van der Waals surface area contributed by atoms with Crippen LogP contribution in [0.25, 0.3) is 0 Å². The van der Waals surface area contributed by atoms with Crippen LogP contribution in [0.2, 0.25) is 0 Å². The van der Waals surface area contributed by atoms with Gasteiger partial charge in [-0.15, -0.1) is 11.8 Å². The molecule has 13 heavy (non-hydrogen) atoms. The first kappa shape index (κ1) is 10.0. The second-order valence-electron chi connectivity index (χ2n) is 2.16. The highest BCUT2D eigenvalue weighted by Gasteiger charge is 2.09. The van der Waals surface area contributed by atoms with Crippen LogP contribution in [0.1, 0.15) is 16.1 Å². The highest BCUT2D eigenvalue weighted by Crippen LogP contribution is 2.21. The van der Waals surface area contributed by atoms with Crippen LogP contribution in [0.3, 0.4) is 0 Å². The highest BCUT2D eigenvalue weighted by molar-refractivity contribution is 7.98. The van der Waals surface area contributed by atoms with Crippen molar-refractivity contribution in [2.45, 2.75) is 4.90 Å². The Morgan fingerprint density at radius 1 is 1.77 bits per heavy atom. The van der Waals surface area contributed by atoms with Crippen molar-refractivity contribution < 1.29 is 4.79 Å². The van der Waals surface area contributed by atoms with Crippen LogP contribution in [-0.4, -0.2) is 16.5 Å². The lowest BCUT2D eigenvalue weighted by molar-refractivity contribution is 0.107. The van der Waals surface area contributed by atoms with Crippen molar-refractivity contribution in [2.75, 3.05) is 6.26 Å². The van der Waals surface area contributed by atoms with Crippen LogP contribution in [0, 0.1) is 11.3 Å². The van der Waals surface area contributed by atoms with Gasteiger partial charge in [0.25, 0.3) is 5.24 Å². The Labute approximate surface area is 84.7 Å². The Morgan fingerprint density at radius 2 is 2.46 bits per heavy atom. The minimum absolute atomic E-state index is 0.196. The fourth-order valence-electron chi connectivity index (χ4n) is 0.820. The number of nitriles is 1. The van der Waals surface area contributed by atoms with E-state index < -0.39 is 5.24 Å². The van der Waals surface area contributed by atoms with E-state index in [1.807, 2.05) is 12.3 Å². The predicted molar refractivity (Wildman–Crippen MR) is 50.9 cm³/mol. The van der Waals surface area contributed by atoms with Crippen molar-refractivity contribution in [3.63, 3.8) is 0 Å². The molecule has 0 aliphatic carbocycles. The molecule has 0 fully saturated rings. The summed E-state index contributed by atoms with van der Waals surface area (Å²) in [6.45, 7) is 0. The van der Waals surface area contributed by atoms with Crippen molar-refractivity contribution in [3.05, 3.63) is 23.5 Å². The Morgan fingerprint density at radius 3 is 2.92 bits per heavy atom. The fourth-order valence-corrected chi connectivity index (χ4v) is 1.56. The minimum atomic E-state index is -0.566. The zero-order valence-electron chi connectivity index (χ0n) is 6.74. The quantitative estimate of drug-likeness (QED) is 0.556. The van der Waals surface area contributed by atoms with Gasteiger partial charge in [-0.3, -0.25) is 4.79 Å². The molecule has 66 valence electrons. The summed E-state index contributed by atoms with van der Waals surface area (Å²) >= 11 is 6.69. The number of thioether (sulfide) groups is 1. The van der Waals surface area contributed by atoms with Crippen LogP contribution in [0.5, 0.6) is 0 Å². The molecular formula is C8H5ClN2OS. The molecule has 0 radical (unpaired) electrons. The van der Waals surface area contributed by atoms with Gasteiger partial charge in [0.15, 0.2) is 0 Å². The van der Waals surface area contributed by atoms with Gasteiger partial charge in [-0.25, -0.2) is 4.98 Å². The van der Waals surface area contributed by atoms with Crippen LogP contribution in [0.15, 0.2) is 17.2 Å². The highest BCUT2D eigenvalue weighted by atomic mass is 35.5. The fraction of sp³-hybridized carbons (Fsp3) is 0.125. The van der Waals surface area contributed by atoms with Gasteiger partial charge in [0.2, 0.25) is 0 Å². The molecule has 0 N–H and O–H groups in total. The van der Waals surface area contributed by atoms with Gasteiger partial charge in [-0.05, 0) is 23.9 Å². The second-order valence-corrected chi connectivity index (χ2v) is 3.35. The number of nitrogens with zero attached hydrogens (tertiary/aromatic N) is 2. The van der Waals surface area contributed by atoms with Gasteiger partial charge in [0.1, 0.15) is 11.8 Å². The van der Waals surface area contributed by atoms with Gasteiger partial charge in [-0.1, -0.05) is 0 Å². The van der Waals surface area contributed by atoms with E-state index in [0.29, 0.717) is 10.5 Å². The molecule has 5 heteroatoms. The topological polar surface area (TPSA) is 53.8 Å². The third-order valence-corrected chi connectivity index (χ3v) is 2.38. The molecule has 1 aromatic rings. The van der Waals surface area contributed by atoms with Crippen molar-refractivity contribution in [3.8, 4) is 6.07 Å². The van der Waals surface area contributed by atoms with Crippen molar-refractivity contribution in [2.24, 2.45) is 0 Å². The number of pyridine rings is 1. The largest absolute Gasteiger partial charge is 0.276 e. The van der Waals surface area contributed by atoms with Crippen LogP contribution < -0.4 is 0 Å². The van der Waals surface area contributed by atoms with Gasteiger partial charge < -0.3 is 0 Å². The number of aromatic nitrogens is 1. The van der Waals surface area contributed by atoms with Crippen LogP contribution in [-0.2, 0) is 0 Å². The molecule has 0 saturated heterocycles. The van der Waals surface area contributed by atoms with E-state index in [9.17, 15) is 4.79 Å². The molecule has 0 aliphatic heterocycles. The molecule has 1 rings (SSSR count). The zero-order valence-corrected chi connectivity index (χ0v) is 8.32. The summed E-state index contributed by atoms with van der Waals surface area (Å²) in [4.78, 5) is 15.4. The van der Waals surface area contributed by atoms with Crippen LogP contribution in [0.4, 0.5) is 0 Å². The van der Waals surface area contributed by atoms with E-state index in [1.54, 1.807) is 0 Å². The predicted octanol–water partition coefficient (Wildman–Crippen LogP) is 2.05. The smallest absolute Gasteiger partial charge is 0.253 e. The normalized spacial score (nSPS) is 9.31. The number of halogens is 1. The lowest BCUT2D eigenvalue weighted by atomic mass is 10.2. The standard InChI is InChI=1S/C8H5ClN2OS/c1-13-7-4-11-5(3-10)2-6(7)8(9)12/h2,4H,1H3. The molecule has 0 aromatic carbocycles. The number of carbonyl (C=O) groups excluding carboxylic acids is 1. The van der Waals surface area contributed by atoms with Gasteiger partial charge in [-0.2, -0.15) is 5.26 Å². The zero-order chi connectivity index (χ0) is 9.84. The Kier molecular flexibility index (Phi) is 3.29. The molecule has 0 bridgehead atoms. The first-order chi connectivity index (χ1) is 6.19. The summed E-state index contributed by atoms with van der Waals surface area (Å²) in [7, 11) is 0. The second kappa shape index (κ2) is 4.26. The maximum Gasteiger partial charge on any atom is 0.253 e. The van der Waals surface area contributed by atoms with E-state index >= 15 is 0 Å². The summed E-state index contributed by atoms with van der Waals surface area (Å²) in [5.41, 5.74) is 0.530. The lowest BCUT2D eigenvalue weighted by Crippen LogP contribution is -1.95. The molecule has 0 aliphatic rings. The number of hydrogen-bond donors (Lipinski definition) is 0. The molecule has 0 saturated carbocycles. The van der Waals surface area contributed by atoms with E-state index in [2.05, 4.69) is 4.98 Å². The molecule has 1 aromatic heterocycles. The Hall–Kier alpha value is -1.05. The summed E-state index contributed by atoms with van der Waals surface area (Å²) < 4.78 is 0. The molecule has 0 spiro atoms. The third-order valence-electron chi connectivity index (χ3n) is 1.41. The van der Waals surface area contributed by atoms with Gasteiger partial charge >= 0.3 is 0 Å². The Balaban J connectivity index is 3.28. The maximum atomic E-state index is 10.9. The van der Waals surface area contributed by atoms with E-state index in [-0.39, 0.29) is 5.69 Å². The van der Waals surface area contributed by atoms with Crippen molar-refractivity contribution in [1.29, 1.82) is 5.26 Å². The third kappa shape index (κ3) is 2.20. The monoisotopic (exact) mass is 212 g/mol. The molecular weight excluding hydrogens is 208 g/mol. The molecule has 0 unspecified atom stereocenters. The van der Waals surface area contributed by atoms with E-state index in [4.69, 9.17) is 16.9 Å². The Bertz CT molecular complexity index is 386. The molecule has 3 nitrogen and oxygen atoms in total. The van der Waals surface area contributed by atoms with E-state index in [0.717, 1.165) is 0 Å². The molecule has 0 amide bonds. The molecule has 0 atom stereocenters. The molecule has 1 heterocycles. The average Bonchev–Trinajstić information content (AvgIpc) is 2.16. The summed E-state index contributed by atoms with van der Waals surface area (Å²) in [5.74, 6) is 0. The number of rotatable bonds is 2. The summed E-state index contributed by atoms with van der Waals surface area (Å²) in [6, 6.07) is 3.23. The summed E-state index contributed by atoms with van der Waals surface area (Å²) in [5, 5.41) is 7.97. The lowest BCUT2D eigenvalue weighted by Gasteiger charge is -2.00. The maximum absolute atomic E-state index is 10.9. The van der Waals surface area contributed by atoms with Crippen molar-refractivity contribution >= 4 is 28.6 Å². The van der Waals surface area contributed by atoms with Gasteiger partial charge in [0.05, 0.1) is 5.56 Å². The minimum Gasteiger partial charge on any atom is -0.276 e. The van der Waals surface area contributed by atoms with Crippen molar-refractivity contribution in [1.82, 2.24) is 4.98 Å². The SMILES string of the molecule is CSc1cnc(C#N)cc1C(=O)Cl. The van der Waals surface area contributed by atoms with Crippen LogP contribution >= 0.6 is 23.4 Å².